The number of rotatable bonds is 2. The molecule has 0 radical (unpaired) electrons. The highest BCUT2D eigenvalue weighted by Gasteiger charge is 2.22. The highest BCUT2D eigenvalue weighted by molar-refractivity contribution is 5.20. The third-order valence-corrected chi connectivity index (χ3v) is 3.88. The number of aliphatic hydroxyl groups excluding tert-OH is 1. The van der Waals surface area contributed by atoms with E-state index in [1.54, 1.807) is 0 Å². The molecule has 1 aromatic carbocycles. The Labute approximate surface area is 107 Å². The minimum atomic E-state index is -0.877. The van der Waals surface area contributed by atoms with Crippen molar-refractivity contribution >= 4 is 0 Å². The molecule has 0 spiro atoms. The largest absolute Gasteiger partial charge is 0.388 e. The summed E-state index contributed by atoms with van der Waals surface area (Å²) in [5, 5.41) is 10.3. The number of aliphatic hydroxyl groups is 1. The van der Waals surface area contributed by atoms with Crippen molar-refractivity contribution in [3.05, 3.63) is 35.4 Å². The van der Waals surface area contributed by atoms with Gasteiger partial charge in [0.05, 0.1) is 6.10 Å². The summed E-state index contributed by atoms with van der Waals surface area (Å²) < 4.78 is 26.0. The van der Waals surface area contributed by atoms with Crippen molar-refractivity contribution in [2.45, 2.75) is 51.0 Å². The van der Waals surface area contributed by atoms with E-state index >= 15 is 0 Å². The lowest BCUT2D eigenvalue weighted by Crippen LogP contribution is -2.14. The zero-order valence-corrected chi connectivity index (χ0v) is 10.5. The van der Waals surface area contributed by atoms with Gasteiger partial charge in [0.25, 0.3) is 0 Å². The summed E-state index contributed by atoms with van der Waals surface area (Å²) in [5.74, 6) is -1.56. The predicted molar refractivity (Wildman–Crippen MR) is 67.1 cm³/mol. The van der Waals surface area contributed by atoms with Crippen molar-refractivity contribution in [1.82, 2.24) is 0 Å². The molecule has 1 atom stereocenters. The molecular formula is C15H20F2O. The van der Waals surface area contributed by atoms with Gasteiger partial charge >= 0.3 is 0 Å². The molecular weight excluding hydrogens is 234 g/mol. The second-order valence-electron chi connectivity index (χ2n) is 5.22. The van der Waals surface area contributed by atoms with Gasteiger partial charge in [0.15, 0.2) is 11.6 Å². The van der Waals surface area contributed by atoms with Crippen molar-refractivity contribution in [1.29, 1.82) is 0 Å². The third-order valence-electron chi connectivity index (χ3n) is 3.88. The standard InChI is InChI=1S/C15H20F2O/c16-13-9-8-12(10-14(13)17)15(18)11-6-4-2-1-3-5-7-11/h8-11,15,18H,1-7H2. The molecule has 2 rings (SSSR count). The fraction of sp³-hybridized carbons (Fsp3) is 0.600. The first-order valence-corrected chi connectivity index (χ1v) is 6.81. The maximum absolute atomic E-state index is 13.2. The topological polar surface area (TPSA) is 20.2 Å². The van der Waals surface area contributed by atoms with Gasteiger partial charge in [-0.15, -0.1) is 0 Å². The van der Waals surface area contributed by atoms with Crippen LogP contribution in [0, 0.1) is 17.6 Å². The number of hydrogen-bond donors (Lipinski definition) is 1. The van der Waals surface area contributed by atoms with Gasteiger partial charge in [-0.2, -0.15) is 0 Å². The average molecular weight is 254 g/mol. The molecule has 0 aromatic heterocycles. The summed E-state index contributed by atoms with van der Waals surface area (Å²) >= 11 is 0. The van der Waals surface area contributed by atoms with Crippen molar-refractivity contribution in [2.75, 3.05) is 0 Å². The predicted octanol–water partition coefficient (Wildman–Crippen LogP) is 4.36. The maximum Gasteiger partial charge on any atom is 0.159 e. The van der Waals surface area contributed by atoms with Crippen molar-refractivity contribution in [3.63, 3.8) is 0 Å². The van der Waals surface area contributed by atoms with E-state index in [-0.39, 0.29) is 5.92 Å². The molecule has 18 heavy (non-hydrogen) atoms. The molecule has 0 saturated heterocycles. The molecule has 3 heteroatoms. The fourth-order valence-electron chi connectivity index (χ4n) is 2.77. The lowest BCUT2D eigenvalue weighted by Gasteiger charge is -2.25. The van der Waals surface area contributed by atoms with Gasteiger partial charge < -0.3 is 5.11 Å². The van der Waals surface area contributed by atoms with Gasteiger partial charge in [-0.25, -0.2) is 8.78 Å². The first kappa shape index (κ1) is 13.5. The summed E-state index contributed by atoms with van der Waals surface area (Å²) in [6.07, 6.45) is 7.20. The molecule has 100 valence electrons. The molecule has 1 fully saturated rings. The summed E-state index contributed by atoms with van der Waals surface area (Å²) in [5.41, 5.74) is 0.500. The molecule has 0 heterocycles. The van der Waals surface area contributed by atoms with Gasteiger partial charge in [-0.05, 0) is 36.5 Å². The fourth-order valence-corrected chi connectivity index (χ4v) is 2.77. The Balaban J connectivity index is 2.08. The van der Waals surface area contributed by atoms with Crippen LogP contribution in [0.15, 0.2) is 18.2 Å². The van der Waals surface area contributed by atoms with Gasteiger partial charge in [-0.3, -0.25) is 0 Å². The van der Waals surface area contributed by atoms with E-state index in [0.717, 1.165) is 37.8 Å². The van der Waals surface area contributed by atoms with E-state index in [0.29, 0.717) is 5.56 Å². The highest BCUT2D eigenvalue weighted by atomic mass is 19.2. The first-order valence-electron chi connectivity index (χ1n) is 6.81. The zero-order chi connectivity index (χ0) is 13.0. The van der Waals surface area contributed by atoms with Gasteiger partial charge in [0, 0.05) is 0 Å². The molecule has 1 nitrogen and oxygen atoms in total. The van der Waals surface area contributed by atoms with Crippen molar-refractivity contribution < 1.29 is 13.9 Å². The van der Waals surface area contributed by atoms with Gasteiger partial charge in [0.1, 0.15) is 0 Å². The number of benzene rings is 1. The van der Waals surface area contributed by atoms with Crippen LogP contribution in [0.5, 0.6) is 0 Å². The Morgan fingerprint density at radius 2 is 1.56 bits per heavy atom. The molecule has 1 unspecified atom stereocenters. The molecule has 1 saturated carbocycles. The van der Waals surface area contributed by atoms with Crippen molar-refractivity contribution in [3.8, 4) is 0 Å². The highest BCUT2D eigenvalue weighted by Crippen LogP contribution is 2.33. The SMILES string of the molecule is OC(c1ccc(F)c(F)c1)C1CCCCCCC1. The number of halogens is 2. The van der Waals surface area contributed by atoms with Crippen LogP contribution < -0.4 is 0 Å². The lowest BCUT2D eigenvalue weighted by molar-refractivity contribution is 0.0908. The molecule has 0 bridgehead atoms. The van der Waals surface area contributed by atoms with Crippen LogP contribution in [0.25, 0.3) is 0 Å². The summed E-state index contributed by atoms with van der Waals surface area (Å²) in [6.45, 7) is 0. The van der Waals surface area contributed by atoms with E-state index in [1.807, 2.05) is 0 Å². The van der Waals surface area contributed by atoms with E-state index in [9.17, 15) is 13.9 Å². The van der Waals surface area contributed by atoms with Gasteiger partial charge in [-0.1, -0.05) is 38.2 Å². The minimum absolute atomic E-state index is 0.176. The van der Waals surface area contributed by atoms with Crippen LogP contribution >= 0.6 is 0 Å². The summed E-state index contributed by atoms with van der Waals surface area (Å²) in [6, 6.07) is 3.71. The van der Waals surface area contributed by atoms with E-state index in [4.69, 9.17) is 0 Å². The zero-order valence-electron chi connectivity index (χ0n) is 10.5. The Kier molecular flexibility index (Phi) is 4.70. The van der Waals surface area contributed by atoms with Crippen LogP contribution in [0.4, 0.5) is 8.78 Å². The third kappa shape index (κ3) is 3.29. The lowest BCUT2D eigenvalue weighted by atomic mass is 9.84. The molecule has 0 amide bonds. The summed E-state index contributed by atoms with van der Waals surface area (Å²) in [4.78, 5) is 0. The van der Waals surface area contributed by atoms with E-state index in [2.05, 4.69) is 0 Å². The van der Waals surface area contributed by atoms with Crippen LogP contribution in [-0.2, 0) is 0 Å². The minimum Gasteiger partial charge on any atom is -0.388 e. The molecule has 1 N–H and O–H groups in total. The van der Waals surface area contributed by atoms with Crippen LogP contribution in [0.1, 0.15) is 56.6 Å². The molecule has 1 aliphatic carbocycles. The first-order chi connectivity index (χ1) is 8.68. The van der Waals surface area contributed by atoms with Crippen LogP contribution in [-0.4, -0.2) is 5.11 Å². The molecule has 1 aliphatic rings. The van der Waals surface area contributed by atoms with Crippen LogP contribution in [0.3, 0.4) is 0 Å². The Morgan fingerprint density at radius 3 is 2.17 bits per heavy atom. The van der Waals surface area contributed by atoms with Crippen LogP contribution in [0.2, 0.25) is 0 Å². The summed E-state index contributed by atoms with van der Waals surface area (Å²) in [7, 11) is 0. The quantitative estimate of drug-likeness (QED) is 0.831. The second kappa shape index (κ2) is 6.28. The Morgan fingerprint density at radius 1 is 0.944 bits per heavy atom. The molecule has 1 aromatic rings. The second-order valence-corrected chi connectivity index (χ2v) is 5.22. The normalized spacial score (nSPS) is 20.2. The van der Waals surface area contributed by atoms with E-state index in [1.165, 1.54) is 25.3 Å². The maximum atomic E-state index is 13.2. The number of hydrogen-bond acceptors (Lipinski definition) is 1. The molecule has 0 aliphatic heterocycles. The van der Waals surface area contributed by atoms with Gasteiger partial charge in [0.2, 0.25) is 0 Å². The Hall–Kier alpha value is -0.960. The monoisotopic (exact) mass is 254 g/mol. The smallest absolute Gasteiger partial charge is 0.159 e. The van der Waals surface area contributed by atoms with Crippen molar-refractivity contribution in [2.24, 2.45) is 5.92 Å². The van der Waals surface area contributed by atoms with E-state index < -0.39 is 17.7 Å². The Bertz CT molecular complexity index is 384. The average Bonchev–Trinajstić information content (AvgIpc) is 2.31.